The van der Waals surface area contributed by atoms with Gasteiger partial charge in [-0.1, -0.05) is 30.3 Å². The number of aromatic nitrogens is 2. The van der Waals surface area contributed by atoms with Crippen molar-refractivity contribution in [3.63, 3.8) is 0 Å². The van der Waals surface area contributed by atoms with Gasteiger partial charge in [-0.05, 0) is 12.8 Å². The van der Waals surface area contributed by atoms with Gasteiger partial charge in [0.25, 0.3) is 0 Å². The predicted molar refractivity (Wildman–Crippen MR) is 73.4 cm³/mol. The molecule has 19 heavy (non-hydrogen) atoms. The van der Waals surface area contributed by atoms with E-state index in [2.05, 4.69) is 14.9 Å². The summed E-state index contributed by atoms with van der Waals surface area (Å²) in [5.74, 6) is 0.690. The van der Waals surface area contributed by atoms with E-state index in [1.807, 2.05) is 18.2 Å². The highest BCUT2D eigenvalue weighted by molar-refractivity contribution is 6.08. The zero-order chi connectivity index (χ0) is 13.1. The fourth-order valence-electron chi connectivity index (χ4n) is 2.28. The van der Waals surface area contributed by atoms with Crippen LogP contribution in [0.5, 0.6) is 0 Å². The van der Waals surface area contributed by atoms with Crippen molar-refractivity contribution in [3.8, 4) is 0 Å². The molecule has 0 amide bonds. The van der Waals surface area contributed by atoms with Crippen LogP contribution in [0.4, 0.5) is 5.95 Å². The van der Waals surface area contributed by atoms with Crippen LogP contribution < -0.4 is 4.90 Å². The first-order valence-electron chi connectivity index (χ1n) is 6.51. The minimum Gasteiger partial charge on any atom is -0.341 e. The maximum Gasteiger partial charge on any atom is 0.225 e. The van der Waals surface area contributed by atoms with Crippen molar-refractivity contribution in [1.82, 2.24) is 9.97 Å². The third kappa shape index (κ3) is 2.47. The van der Waals surface area contributed by atoms with E-state index in [-0.39, 0.29) is 5.78 Å². The molecule has 0 radical (unpaired) electrons. The molecule has 1 aliphatic heterocycles. The molecule has 0 aliphatic carbocycles. The zero-order valence-electron chi connectivity index (χ0n) is 10.6. The first kappa shape index (κ1) is 11.8. The normalized spacial score (nSPS) is 14.6. The average Bonchev–Trinajstić information content (AvgIpc) is 3.02. The van der Waals surface area contributed by atoms with Crippen molar-refractivity contribution in [3.05, 3.63) is 53.9 Å². The summed E-state index contributed by atoms with van der Waals surface area (Å²) in [6, 6.07) is 9.20. The van der Waals surface area contributed by atoms with E-state index in [1.54, 1.807) is 24.5 Å². The van der Waals surface area contributed by atoms with Crippen molar-refractivity contribution in [2.75, 3.05) is 18.0 Å². The molecule has 4 nitrogen and oxygen atoms in total. The van der Waals surface area contributed by atoms with E-state index in [9.17, 15) is 4.79 Å². The SMILES string of the molecule is O=C(c1ccccc1)c1cnc(N2CCCC2)nc1. The molecule has 0 bridgehead atoms. The Hall–Kier alpha value is -2.23. The molecule has 3 rings (SSSR count). The van der Waals surface area contributed by atoms with E-state index in [0.717, 1.165) is 19.0 Å². The maximum absolute atomic E-state index is 12.2. The van der Waals surface area contributed by atoms with Gasteiger partial charge < -0.3 is 4.90 Å². The van der Waals surface area contributed by atoms with E-state index in [4.69, 9.17) is 0 Å². The molecule has 2 aromatic rings. The number of hydrogen-bond acceptors (Lipinski definition) is 4. The molecule has 2 heterocycles. The average molecular weight is 253 g/mol. The van der Waals surface area contributed by atoms with Crippen LogP contribution in [-0.4, -0.2) is 28.8 Å². The van der Waals surface area contributed by atoms with Crippen LogP contribution in [0.1, 0.15) is 28.8 Å². The lowest BCUT2D eigenvalue weighted by atomic mass is 10.1. The van der Waals surface area contributed by atoms with Crippen molar-refractivity contribution in [1.29, 1.82) is 0 Å². The zero-order valence-corrected chi connectivity index (χ0v) is 10.6. The Morgan fingerprint density at radius 1 is 0.947 bits per heavy atom. The van der Waals surface area contributed by atoms with Crippen LogP contribution in [-0.2, 0) is 0 Å². The lowest BCUT2D eigenvalue weighted by Crippen LogP contribution is -2.20. The third-order valence-corrected chi connectivity index (χ3v) is 3.33. The number of anilines is 1. The van der Waals surface area contributed by atoms with Crippen molar-refractivity contribution in [2.45, 2.75) is 12.8 Å². The summed E-state index contributed by atoms with van der Waals surface area (Å²) in [7, 11) is 0. The highest BCUT2D eigenvalue weighted by Crippen LogP contribution is 2.16. The predicted octanol–water partition coefficient (Wildman–Crippen LogP) is 2.31. The molecule has 1 saturated heterocycles. The monoisotopic (exact) mass is 253 g/mol. The Balaban J connectivity index is 1.80. The van der Waals surface area contributed by atoms with Gasteiger partial charge in [-0.15, -0.1) is 0 Å². The third-order valence-electron chi connectivity index (χ3n) is 3.33. The van der Waals surface area contributed by atoms with Gasteiger partial charge in [0.05, 0.1) is 5.56 Å². The number of rotatable bonds is 3. The topological polar surface area (TPSA) is 46.1 Å². The Kier molecular flexibility index (Phi) is 3.23. The molecule has 0 spiro atoms. The smallest absolute Gasteiger partial charge is 0.225 e. The number of ketones is 1. The molecule has 0 saturated carbocycles. The van der Waals surface area contributed by atoms with Crippen LogP contribution in [0.2, 0.25) is 0 Å². The molecule has 1 fully saturated rings. The minimum atomic E-state index is -0.0337. The molecule has 1 aliphatic rings. The maximum atomic E-state index is 12.2. The first-order valence-corrected chi connectivity index (χ1v) is 6.51. The Bertz CT molecular complexity index is 560. The Labute approximate surface area is 112 Å². The number of benzene rings is 1. The summed E-state index contributed by atoms with van der Waals surface area (Å²) in [5, 5.41) is 0. The second kappa shape index (κ2) is 5.18. The van der Waals surface area contributed by atoms with Gasteiger partial charge in [-0.3, -0.25) is 4.79 Å². The van der Waals surface area contributed by atoms with Crippen molar-refractivity contribution < 1.29 is 4.79 Å². The van der Waals surface area contributed by atoms with Gasteiger partial charge in [-0.2, -0.15) is 0 Å². The van der Waals surface area contributed by atoms with Crippen LogP contribution >= 0.6 is 0 Å². The fourth-order valence-corrected chi connectivity index (χ4v) is 2.28. The number of hydrogen-bond donors (Lipinski definition) is 0. The number of nitrogens with zero attached hydrogens (tertiary/aromatic N) is 3. The molecular formula is C15H15N3O. The molecule has 0 unspecified atom stereocenters. The summed E-state index contributed by atoms with van der Waals surface area (Å²) in [6.45, 7) is 2.01. The van der Waals surface area contributed by atoms with Crippen LogP contribution in [0, 0.1) is 0 Å². The molecule has 0 N–H and O–H groups in total. The standard InChI is InChI=1S/C15H15N3O/c19-14(12-6-2-1-3-7-12)13-10-16-15(17-11-13)18-8-4-5-9-18/h1-3,6-7,10-11H,4-5,8-9H2. The summed E-state index contributed by atoms with van der Waals surface area (Å²) in [5.41, 5.74) is 1.20. The highest BCUT2D eigenvalue weighted by Gasteiger charge is 2.16. The van der Waals surface area contributed by atoms with Crippen LogP contribution in [0.15, 0.2) is 42.7 Å². The summed E-state index contributed by atoms with van der Waals surface area (Å²) in [6.07, 6.45) is 5.62. The lowest BCUT2D eigenvalue weighted by Gasteiger charge is -2.14. The largest absolute Gasteiger partial charge is 0.341 e. The second-order valence-electron chi connectivity index (χ2n) is 4.66. The van der Waals surface area contributed by atoms with Gasteiger partial charge in [0.1, 0.15) is 0 Å². The van der Waals surface area contributed by atoms with Crippen molar-refractivity contribution >= 4 is 11.7 Å². The summed E-state index contributed by atoms with van der Waals surface area (Å²) < 4.78 is 0. The summed E-state index contributed by atoms with van der Waals surface area (Å²) >= 11 is 0. The fraction of sp³-hybridized carbons (Fsp3) is 0.267. The second-order valence-corrected chi connectivity index (χ2v) is 4.66. The Morgan fingerprint density at radius 3 is 2.21 bits per heavy atom. The molecule has 96 valence electrons. The molecule has 1 aromatic heterocycles. The van der Waals surface area contributed by atoms with E-state index >= 15 is 0 Å². The molecular weight excluding hydrogens is 238 g/mol. The highest BCUT2D eigenvalue weighted by atomic mass is 16.1. The Morgan fingerprint density at radius 2 is 1.58 bits per heavy atom. The van der Waals surface area contributed by atoms with Crippen LogP contribution in [0.25, 0.3) is 0 Å². The molecule has 1 aromatic carbocycles. The summed E-state index contributed by atoms with van der Waals surface area (Å²) in [4.78, 5) is 22.9. The number of carbonyl (C=O) groups is 1. The van der Waals surface area contributed by atoms with Crippen LogP contribution in [0.3, 0.4) is 0 Å². The van der Waals surface area contributed by atoms with Gasteiger partial charge in [-0.25, -0.2) is 9.97 Å². The van der Waals surface area contributed by atoms with E-state index < -0.39 is 0 Å². The molecule has 4 heteroatoms. The van der Waals surface area contributed by atoms with Gasteiger partial charge in [0.2, 0.25) is 5.95 Å². The quantitative estimate of drug-likeness (QED) is 0.787. The van der Waals surface area contributed by atoms with Crippen molar-refractivity contribution in [2.24, 2.45) is 0 Å². The van der Waals surface area contributed by atoms with Gasteiger partial charge in [0.15, 0.2) is 5.78 Å². The first-order chi connectivity index (χ1) is 9.34. The lowest BCUT2D eigenvalue weighted by molar-refractivity contribution is 0.103. The van der Waals surface area contributed by atoms with E-state index in [0.29, 0.717) is 11.1 Å². The van der Waals surface area contributed by atoms with E-state index in [1.165, 1.54) is 12.8 Å². The van der Waals surface area contributed by atoms with Gasteiger partial charge in [0, 0.05) is 31.0 Å². The number of carbonyl (C=O) groups excluding carboxylic acids is 1. The van der Waals surface area contributed by atoms with Gasteiger partial charge >= 0.3 is 0 Å². The molecule has 0 atom stereocenters. The minimum absolute atomic E-state index is 0.0337.